The molecule has 3 nitrogen and oxygen atoms in total. The Morgan fingerprint density at radius 1 is 1.80 bits per heavy atom. The molecule has 1 rings (SSSR count). The van der Waals surface area contributed by atoms with Crippen molar-refractivity contribution in [3.05, 3.63) is 0 Å². The van der Waals surface area contributed by atoms with Crippen LogP contribution in [0.25, 0.3) is 0 Å². The maximum atomic E-state index is 10.9. The number of rotatable bonds is 1. The lowest BCUT2D eigenvalue weighted by Crippen LogP contribution is -2.33. The average molecular weight is 159 g/mol. The Morgan fingerprint density at radius 2 is 2.50 bits per heavy atom. The molecule has 1 heterocycles. The highest BCUT2D eigenvalue weighted by molar-refractivity contribution is 8.01. The zero-order chi connectivity index (χ0) is 7.56. The maximum Gasteiger partial charge on any atom is 0.218 e. The number of carbonyl (C=O) groups excluding carboxylic acids is 2. The van der Waals surface area contributed by atoms with E-state index >= 15 is 0 Å². The standard InChI is InChI=1S/C6H9NO2S/c1-4(8)7-6-5(9)2-3-10-6/h6H,2-3H2,1H3,(H,7,8)/t6-/m0/s1. The molecule has 1 fully saturated rings. The van der Waals surface area contributed by atoms with E-state index in [-0.39, 0.29) is 17.1 Å². The molecular formula is C6H9NO2S. The Kier molecular flexibility index (Phi) is 2.32. The molecule has 1 amide bonds. The van der Waals surface area contributed by atoms with Crippen LogP contribution in [-0.4, -0.2) is 22.8 Å². The fourth-order valence-electron chi connectivity index (χ4n) is 0.808. The Morgan fingerprint density at radius 3 is 2.90 bits per heavy atom. The minimum Gasteiger partial charge on any atom is -0.338 e. The molecule has 1 atom stereocenters. The zero-order valence-corrected chi connectivity index (χ0v) is 6.53. The molecule has 0 aromatic rings. The molecule has 0 aromatic heterocycles. The van der Waals surface area contributed by atoms with Crippen LogP contribution in [0.2, 0.25) is 0 Å². The van der Waals surface area contributed by atoms with Gasteiger partial charge in [-0.3, -0.25) is 9.59 Å². The quantitative estimate of drug-likeness (QED) is 0.592. The summed E-state index contributed by atoms with van der Waals surface area (Å²) < 4.78 is 0. The highest BCUT2D eigenvalue weighted by atomic mass is 32.2. The Balaban J connectivity index is 2.40. The zero-order valence-electron chi connectivity index (χ0n) is 5.72. The first-order chi connectivity index (χ1) is 4.70. The minimum absolute atomic E-state index is 0.132. The lowest BCUT2D eigenvalue weighted by atomic mass is 10.3. The molecule has 1 aliphatic heterocycles. The molecule has 1 N–H and O–H groups in total. The largest absolute Gasteiger partial charge is 0.338 e. The van der Waals surface area contributed by atoms with Gasteiger partial charge in [0.25, 0.3) is 0 Å². The predicted molar refractivity (Wildman–Crippen MR) is 39.7 cm³/mol. The molecule has 56 valence electrons. The molecular weight excluding hydrogens is 150 g/mol. The molecule has 1 aliphatic rings. The summed E-state index contributed by atoms with van der Waals surface area (Å²) in [6.07, 6.45) is 0.593. The second-order valence-electron chi connectivity index (χ2n) is 2.17. The van der Waals surface area contributed by atoms with E-state index < -0.39 is 0 Å². The van der Waals surface area contributed by atoms with Crippen molar-refractivity contribution in [2.24, 2.45) is 0 Å². The Labute approximate surface area is 63.6 Å². The topological polar surface area (TPSA) is 46.2 Å². The van der Waals surface area contributed by atoms with Gasteiger partial charge in [0, 0.05) is 19.1 Å². The summed E-state index contributed by atoms with van der Waals surface area (Å²) in [6.45, 7) is 1.42. The fraction of sp³-hybridized carbons (Fsp3) is 0.667. The normalized spacial score (nSPS) is 24.9. The number of nitrogens with one attached hydrogen (secondary N) is 1. The molecule has 10 heavy (non-hydrogen) atoms. The van der Waals surface area contributed by atoms with E-state index in [4.69, 9.17) is 0 Å². The summed E-state index contributed by atoms with van der Waals surface area (Å²) >= 11 is 1.50. The number of ketones is 1. The van der Waals surface area contributed by atoms with Crippen molar-refractivity contribution in [1.82, 2.24) is 5.32 Å². The Hall–Kier alpha value is -0.510. The van der Waals surface area contributed by atoms with Crippen molar-refractivity contribution in [2.45, 2.75) is 18.7 Å². The molecule has 0 unspecified atom stereocenters. The SMILES string of the molecule is CC(=O)N[C@H]1SCCC1=O. The number of thioether (sulfide) groups is 1. The van der Waals surface area contributed by atoms with E-state index in [1.165, 1.54) is 18.7 Å². The van der Waals surface area contributed by atoms with Crippen LogP contribution in [0.4, 0.5) is 0 Å². The van der Waals surface area contributed by atoms with E-state index in [9.17, 15) is 9.59 Å². The maximum absolute atomic E-state index is 10.9. The van der Waals surface area contributed by atoms with Crippen molar-refractivity contribution in [2.75, 3.05) is 5.75 Å². The van der Waals surface area contributed by atoms with Crippen LogP contribution in [-0.2, 0) is 9.59 Å². The van der Waals surface area contributed by atoms with Crippen molar-refractivity contribution in [3.63, 3.8) is 0 Å². The van der Waals surface area contributed by atoms with Crippen molar-refractivity contribution in [1.29, 1.82) is 0 Å². The van der Waals surface area contributed by atoms with Gasteiger partial charge in [0.2, 0.25) is 5.91 Å². The Bertz CT molecular complexity index is 169. The second-order valence-corrected chi connectivity index (χ2v) is 3.38. The number of hydrogen-bond donors (Lipinski definition) is 1. The summed E-state index contributed by atoms with van der Waals surface area (Å²) in [5.41, 5.74) is 0. The van der Waals surface area contributed by atoms with E-state index in [0.717, 1.165) is 5.75 Å². The molecule has 0 bridgehead atoms. The molecule has 0 spiro atoms. The van der Waals surface area contributed by atoms with Crippen LogP contribution in [0.1, 0.15) is 13.3 Å². The summed E-state index contributed by atoms with van der Waals surface area (Å²) in [5.74, 6) is 0.844. The molecule has 0 aliphatic carbocycles. The van der Waals surface area contributed by atoms with Gasteiger partial charge in [-0.2, -0.15) is 0 Å². The third-order valence-corrected chi connectivity index (χ3v) is 2.41. The average Bonchev–Trinajstić information content (AvgIpc) is 2.15. The van der Waals surface area contributed by atoms with E-state index in [1.54, 1.807) is 0 Å². The van der Waals surface area contributed by atoms with Gasteiger partial charge in [0.1, 0.15) is 5.37 Å². The smallest absolute Gasteiger partial charge is 0.218 e. The van der Waals surface area contributed by atoms with Crippen molar-refractivity contribution in [3.8, 4) is 0 Å². The van der Waals surface area contributed by atoms with Crippen LogP contribution in [0, 0.1) is 0 Å². The summed E-state index contributed by atoms with van der Waals surface area (Å²) in [6, 6.07) is 0. The van der Waals surface area contributed by atoms with Gasteiger partial charge in [0.15, 0.2) is 5.78 Å². The van der Waals surface area contributed by atoms with Crippen molar-refractivity contribution < 1.29 is 9.59 Å². The summed E-state index contributed by atoms with van der Waals surface area (Å²) in [7, 11) is 0. The first-order valence-electron chi connectivity index (χ1n) is 3.11. The van der Waals surface area contributed by atoms with E-state index in [2.05, 4.69) is 5.32 Å². The van der Waals surface area contributed by atoms with Gasteiger partial charge in [-0.15, -0.1) is 11.8 Å². The van der Waals surface area contributed by atoms with Crippen LogP contribution in [0.15, 0.2) is 0 Å². The third kappa shape index (κ3) is 1.73. The molecule has 4 heteroatoms. The third-order valence-electron chi connectivity index (χ3n) is 1.26. The minimum atomic E-state index is -0.266. The first kappa shape index (κ1) is 7.60. The second kappa shape index (κ2) is 3.05. The van der Waals surface area contributed by atoms with Crippen molar-refractivity contribution >= 4 is 23.5 Å². The van der Waals surface area contributed by atoms with Crippen LogP contribution >= 0.6 is 11.8 Å². The number of hydrogen-bond acceptors (Lipinski definition) is 3. The number of amides is 1. The van der Waals surface area contributed by atoms with Gasteiger partial charge in [-0.25, -0.2) is 0 Å². The van der Waals surface area contributed by atoms with Gasteiger partial charge in [0.05, 0.1) is 0 Å². The van der Waals surface area contributed by atoms with Gasteiger partial charge in [-0.1, -0.05) is 0 Å². The van der Waals surface area contributed by atoms with Crippen LogP contribution in [0.3, 0.4) is 0 Å². The highest BCUT2D eigenvalue weighted by Gasteiger charge is 2.25. The van der Waals surface area contributed by atoms with Gasteiger partial charge in [-0.05, 0) is 0 Å². The number of Topliss-reactive ketones (excluding diaryl/α,β-unsaturated/α-hetero) is 1. The molecule has 0 aromatic carbocycles. The molecule has 1 saturated heterocycles. The molecule has 0 radical (unpaired) electrons. The van der Waals surface area contributed by atoms with Gasteiger partial charge < -0.3 is 5.32 Å². The predicted octanol–water partition coefficient (Wildman–Crippen LogP) is 0.155. The van der Waals surface area contributed by atoms with Crippen LogP contribution < -0.4 is 5.32 Å². The molecule has 0 saturated carbocycles. The number of carbonyl (C=O) groups is 2. The fourth-order valence-corrected chi connectivity index (χ4v) is 1.92. The monoisotopic (exact) mass is 159 g/mol. The van der Waals surface area contributed by atoms with E-state index in [0.29, 0.717) is 6.42 Å². The van der Waals surface area contributed by atoms with Crippen LogP contribution in [0.5, 0.6) is 0 Å². The summed E-state index contributed by atoms with van der Waals surface area (Å²) in [5, 5.41) is 2.30. The van der Waals surface area contributed by atoms with E-state index in [1.807, 2.05) is 0 Å². The lowest BCUT2D eigenvalue weighted by molar-refractivity contribution is -0.124. The highest BCUT2D eigenvalue weighted by Crippen LogP contribution is 2.20. The first-order valence-corrected chi connectivity index (χ1v) is 4.16. The lowest BCUT2D eigenvalue weighted by Gasteiger charge is -2.06. The van der Waals surface area contributed by atoms with Gasteiger partial charge >= 0.3 is 0 Å². The summed E-state index contributed by atoms with van der Waals surface area (Å²) in [4.78, 5) is 21.3.